The molecule has 0 atom stereocenters. The van der Waals surface area contributed by atoms with Gasteiger partial charge in [-0.3, -0.25) is 10.2 Å². The molecule has 0 saturated heterocycles. The van der Waals surface area contributed by atoms with Crippen molar-refractivity contribution in [3.05, 3.63) is 64.5 Å². The van der Waals surface area contributed by atoms with E-state index in [1.54, 1.807) is 6.92 Å². The zero-order chi connectivity index (χ0) is 21.4. The number of hydrogen-bond donors (Lipinski definition) is 2. The van der Waals surface area contributed by atoms with E-state index in [1.165, 1.54) is 24.2 Å². The van der Waals surface area contributed by atoms with Crippen LogP contribution in [0.4, 0.5) is 8.78 Å². The van der Waals surface area contributed by atoms with Crippen molar-refractivity contribution in [3.8, 4) is 0 Å². The summed E-state index contributed by atoms with van der Waals surface area (Å²) in [5.41, 5.74) is -0.864. The number of ether oxygens (including phenoxy) is 1. The molecule has 2 N–H and O–H groups in total. The van der Waals surface area contributed by atoms with Crippen LogP contribution in [0.1, 0.15) is 24.5 Å². The number of hydrogen-bond acceptors (Lipinski definition) is 5. The molecule has 1 aromatic rings. The molecule has 0 amide bonds. The highest BCUT2D eigenvalue weighted by atomic mass is 35.5. The first-order valence-electron chi connectivity index (χ1n) is 7.86. The van der Waals surface area contributed by atoms with Crippen LogP contribution in [-0.2, 0) is 14.3 Å². The third-order valence-corrected chi connectivity index (χ3v) is 3.66. The normalized spacial score (nSPS) is 11.9. The molecule has 0 aliphatic heterocycles. The van der Waals surface area contributed by atoms with Crippen molar-refractivity contribution in [1.82, 2.24) is 4.90 Å². The lowest BCUT2D eigenvalue weighted by atomic mass is 9.96. The highest BCUT2D eigenvalue weighted by molar-refractivity contribution is 6.33. The number of allylic oxidation sites excluding steroid dienone is 2. The third-order valence-electron chi connectivity index (χ3n) is 3.33. The van der Waals surface area contributed by atoms with E-state index in [0.717, 1.165) is 18.2 Å². The van der Waals surface area contributed by atoms with E-state index in [0.29, 0.717) is 5.76 Å². The van der Waals surface area contributed by atoms with Gasteiger partial charge in [0, 0.05) is 35.0 Å². The minimum absolute atomic E-state index is 0.00849. The molecule has 0 aliphatic carbocycles. The number of nitrogens with one attached hydrogen (secondary N) is 1. The second-order valence-corrected chi connectivity index (χ2v) is 6.15. The Labute approximate surface area is 165 Å². The number of benzene rings is 1. The lowest BCUT2D eigenvalue weighted by molar-refractivity contribution is -0.132. The van der Waals surface area contributed by atoms with Crippen LogP contribution in [0, 0.1) is 5.41 Å². The fourth-order valence-corrected chi connectivity index (χ4v) is 2.47. The molecule has 0 radical (unpaired) electrons. The van der Waals surface area contributed by atoms with Gasteiger partial charge in [0.15, 0.2) is 0 Å². The second-order valence-electron chi connectivity index (χ2n) is 5.75. The van der Waals surface area contributed by atoms with E-state index < -0.39 is 18.0 Å². The zero-order valence-corrected chi connectivity index (χ0v) is 16.0. The lowest BCUT2D eigenvalue weighted by Crippen LogP contribution is -2.23. The fraction of sp³-hybridized carbons (Fsp3) is 0.211. The Bertz CT molecular complexity index is 850. The summed E-state index contributed by atoms with van der Waals surface area (Å²) in [5.74, 6) is -1.32. The van der Waals surface area contributed by atoms with Gasteiger partial charge in [0.25, 0.3) is 6.43 Å². The fourth-order valence-electron chi connectivity index (χ4n) is 2.25. The number of halogens is 3. The number of nitrogens with zero attached hydrogens (tertiary/aromatic N) is 1. The van der Waals surface area contributed by atoms with Crippen LogP contribution in [0.15, 0.2) is 48.4 Å². The van der Waals surface area contributed by atoms with Crippen molar-refractivity contribution in [2.75, 3.05) is 13.6 Å². The van der Waals surface area contributed by atoms with Crippen LogP contribution in [0.2, 0.25) is 5.02 Å². The van der Waals surface area contributed by atoms with Gasteiger partial charge >= 0.3 is 5.97 Å². The Morgan fingerprint density at radius 2 is 2.11 bits per heavy atom. The molecule has 9 heteroatoms. The van der Waals surface area contributed by atoms with Crippen LogP contribution in [0.5, 0.6) is 0 Å². The Morgan fingerprint density at radius 1 is 1.46 bits per heavy atom. The molecule has 0 aliphatic rings. The van der Waals surface area contributed by atoms with E-state index in [2.05, 4.69) is 6.58 Å². The smallest absolute Gasteiger partial charge is 0.336 e. The van der Waals surface area contributed by atoms with Crippen molar-refractivity contribution < 1.29 is 28.2 Å². The van der Waals surface area contributed by atoms with Crippen LogP contribution >= 0.6 is 11.6 Å². The third kappa shape index (κ3) is 6.62. The Morgan fingerprint density at radius 3 is 2.61 bits per heavy atom. The van der Waals surface area contributed by atoms with Gasteiger partial charge in [-0.2, -0.15) is 0 Å². The van der Waals surface area contributed by atoms with E-state index >= 15 is 0 Å². The van der Waals surface area contributed by atoms with Crippen LogP contribution in [0.3, 0.4) is 0 Å². The minimum Gasteiger partial charge on any atom is -0.478 e. The predicted molar refractivity (Wildman–Crippen MR) is 102 cm³/mol. The molecule has 6 nitrogen and oxygen atoms in total. The van der Waals surface area contributed by atoms with Crippen molar-refractivity contribution in [1.29, 1.82) is 5.41 Å². The largest absolute Gasteiger partial charge is 0.478 e. The molecular formula is C19H19ClF2N2O4. The highest BCUT2D eigenvalue weighted by Gasteiger charge is 2.21. The minimum atomic E-state index is -2.80. The average molecular weight is 413 g/mol. The number of aliphatic carboxylic acids is 1. The van der Waals surface area contributed by atoms with E-state index in [4.69, 9.17) is 21.7 Å². The van der Waals surface area contributed by atoms with Gasteiger partial charge in [-0.05, 0) is 25.1 Å². The van der Waals surface area contributed by atoms with Gasteiger partial charge < -0.3 is 14.7 Å². The molecule has 0 bridgehead atoms. The maximum atomic E-state index is 13.1. The monoisotopic (exact) mass is 412 g/mol. The number of likely N-dealkylation sites (N-methyl/N-ethyl adjacent to an activating group) is 1. The molecule has 0 saturated carbocycles. The number of alkyl halides is 2. The Balaban J connectivity index is 3.50. The Kier molecular flexibility index (Phi) is 8.53. The molecule has 0 fully saturated rings. The first-order valence-corrected chi connectivity index (χ1v) is 8.24. The van der Waals surface area contributed by atoms with Gasteiger partial charge in [0.2, 0.25) is 5.90 Å². The van der Waals surface area contributed by atoms with Crippen molar-refractivity contribution in [2.24, 2.45) is 0 Å². The molecule has 28 heavy (non-hydrogen) atoms. The van der Waals surface area contributed by atoms with E-state index in [-0.39, 0.29) is 40.5 Å². The van der Waals surface area contributed by atoms with Gasteiger partial charge in [-0.15, -0.1) is 0 Å². The predicted octanol–water partition coefficient (Wildman–Crippen LogP) is 4.29. The molecule has 1 aromatic carbocycles. The Hall–Kier alpha value is -3.00. The van der Waals surface area contributed by atoms with E-state index in [1.807, 2.05) is 0 Å². The second kappa shape index (κ2) is 10.4. The molecule has 150 valence electrons. The molecule has 1 rings (SSSR count). The maximum Gasteiger partial charge on any atom is 0.336 e. The van der Waals surface area contributed by atoms with Crippen LogP contribution in [-0.4, -0.2) is 41.8 Å². The van der Waals surface area contributed by atoms with Gasteiger partial charge in [-0.25, -0.2) is 13.6 Å². The molecule has 0 spiro atoms. The van der Waals surface area contributed by atoms with Crippen LogP contribution in [0.25, 0.3) is 5.57 Å². The number of carboxylic acid groups (broad SMARTS) is 1. The lowest BCUT2D eigenvalue weighted by Gasteiger charge is -2.19. The summed E-state index contributed by atoms with van der Waals surface area (Å²) < 4.78 is 31.2. The zero-order valence-electron chi connectivity index (χ0n) is 15.2. The van der Waals surface area contributed by atoms with Gasteiger partial charge in [0.1, 0.15) is 6.29 Å². The van der Waals surface area contributed by atoms with E-state index in [9.17, 15) is 23.5 Å². The van der Waals surface area contributed by atoms with Crippen LogP contribution < -0.4 is 0 Å². The van der Waals surface area contributed by atoms with Crippen molar-refractivity contribution in [3.63, 3.8) is 0 Å². The number of rotatable bonds is 9. The highest BCUT2D eigenvalue weighted by Crippen LogP contribution is 2.33. The average Bonchev–Trinajstić information content (AvgIpc) is 2.57. The first-order chi connectivity index (χ1) is 13.1. The summed E-state index contributed by atoms with van der Waals surface area (Å²) in [4.78, 5) is 23.9. The molecule has 0 unspecified atom stereocenters. The molecule has 0 heterocycles. The topological polar surface area (TPSA) is 90.7 Å². The molecular weight excluding hydrogens is 394 g/mol. The quantitative estimate of drug-likeness (QED) is 0.158. The number of carbonyl (C=O) groups excluding carboxylic acids is 1. The summed E-state index contributed by atoms with van der Waals surface area (Å²) in [5, 5.41) is 17.2. The van der Waals surface area contributed by atoms with Gasteiger partial charge in [-0.1, -0.05) is 24.2 Å². The van der Waals surface area contributed by atoms with Crippen molar-refractivity contribution in [2.45, 2.75) is 13.3 Å². The number of carboxylic acids is 1. The number of carbonyl (C=O) groups is 2. The SMILES string of the molecule is C=C(C)OC(=N)CN(C)/C=C(\C(=C/C=O)C(=O)O)c1cc(C(F)F)ccc1Cl. The summed E-state index contributed by atoms with van der Waals surface area (Å²) >= 11 is 6.11. The maximum absolute atomic E-state index is 13.1. The summed E-state index contributed by atoms with van der Waals surface area (Å²) in [6.07, 6.45) is -0.441. The summed E-state index contributed by atoms with van der Waals surface area (Å²) in [6, 6.07) is 3.40. The first kappa shape index (κ1) is 23.0. The summed E-state index contributed by atoms with van der Waals surface area (Å²) in [6.45, 7) is 5.00. The van der Waals surface area contributed by atoms with Crippen molar-refractivity contribution >= 4 is 35.3 Å². The molecule has 0 aromatic heterocycles. The summed E-state index contributed by atoms with van der Waals surface area (Å²) in [7, 11) is 1.52. The van der Waals surface area contributed by atoms with Gasteiger partial charge in [0.05, 0.1) is 17.9 Å². The standard InChI is InChI=1S/C19H19ClF2N2O4/c1-11(2)28-17(23)10-24(3)9-15(13(6-7-25)19(26)27)14-8-12(18(21)22)4-5-16(14)20/h4-9,18,23H,1,10H2,2-3H3,(H,26,27)/b13-6+,15-9+,23-17?. The number of aldehydes is 1.